The minimum absolute atomic E-state index is 0.355. The molecule has 5 nitrogen and oxygen atoms in total. The Kier molecular flexibility index (Phi) is 6.59. The van der Waals surface area contributed by atoms with E-state index in [4.69, 9.17) is 14.2 Å². The van der Waals surface area contributed by atoms with E-state index in [1.54, 1.807) is 21.1 Å². The number of hydrogen-bond acceptors (Lipinski definition) is 5. The standard InChI is InChI=1S/C15H21NO4/c1-5-20-15(17)11(2)9-16-10-12-6-7-13(18-3)14(8-12)19-4/h6-8,16H,2,5,9-10H2,1,3-4H3. The van der Waals surface area contributed by atoms with Crippen LogP contribution in [0.15, 0.2) is 30.4 Å². The second-order valence-corrected chi connectivity index (χ2v) is 4.12. The third kappa shape index (κ3) is 4.59. The van der Waals surface area contributed by atoms with Crippen molar-refractivity contribution in [3.63, 3.8) is 0 Å². The molecule has 1 N–H and O–H groups in total. The van der Waals surface area contributed by atoms with Crippen molar-refractivity contribution >= 4 is 5.97 Å². The fourth-order valence-corrected chi connectivity index (χ4v) is 1.65. The smallest absolute Gasteiger partial charge is 0.334 e. The first-order valence-electron chi connectivity index (χ1n) is 6.38. The summed E-state index contributed by atoms with van der Waals surface area (Å²) in [6, 6.07) is 5.66. The lowest BCUT2D eigenvalue weighted by Gasteiger charge is -2.11. The molecule has 110 valence electrons. The summed E-state index contributed by atoms with van der Waals surface area (Å²) in [7, 11) is 3.19. The molecule has 0 saturated heterocycles. The maximum absolute atomic E-state index is 11.4. The van der Waals surface area contributed by atoms with Crippen LogP contribution in [0.5, 0.6) is 11.5 Å². The van der Waals surface area contributed by atoms with Crippen LogP contribution in [0.25, 0.3) is 0 Å². The molecule has 0 heterocycles. The van der Waals surface area contributed by atoms with Crippen molar-refractivity contribution in [1.82, 2.24) is 5.32 Å². The van der Waals surface area contributed by atoms with Gasteiger partial charge in [0.1, 0.15) is 0 Å². The van der Waals surface area contributed by atoms with Crippen molar-refractivity contribution in [3.8, 4) is 11.5 Å². The lowest BCUT2D eigenvalue weighted by molar-refractivity contribution is -0.138. The van der Waals surface area contributed by atoms with Crippen molar-refractivity contribution in [2.75, 3.05) is 27.4 Å². The van der Waals surface area contributed by atoms with E-state index < -0.39 is 0 Å². The number of hydrogen-bond donors (Lipinski definition) is 1. The van der Waals surface area contributed by atoms with E-state index in [0.717, 1.165) is 5.56 Å². The summed E-state index contributed by atoms with van der Waals surface area (Å²) in [6.45, 7) is 6.78. The highest BCUT2D eigenvalue weighted by Crippen LogP contribution is 2.27. The average molecular weight is 279 g/mol. The second-order valence-electron chi connectivity index (χ2n) is 4.12. The zero-order valence-corrected chi connectivity index (χ0v) is 12.2. The lowest BCUT2D eigenvalue weighted by atomic mass is 10.2. The quantitative estimate of drug-likeness (QED) is 0.582. The van der Waals surface area contributed by atoms with Gasteiger partial charge in [0.05, 0.1) is 20.8 Å². The molecule has 0 bridgehead atoms. The predicted molar refractivity (Wildman–Crippen MR) is 77.0 cm³/mol. The number of rotatable bonds is 8. The van der Waals surface area contributed by atoms with Gasteiger partial charge in [-0.25, -0.2) is 4.79 Å². The van der Waals surface area contributed by atoms with Crippen LogP contribution >= 0.6 is 0 Å². The normalized spacial score (nSPS) is 9.95. The van der Waals surface area contributed by atoms with E-state index in [1.807, 2.05) is 18.2 Å². The number of esters is 1. The van der Waals surface area contributed by atoms with Crippen molar-refractivity contribution in [2.45, 2.75) is 13.5 Å². The summed E-state index contributed by atoms with van der Waals surface area (Å²) in [5.41, 5.74) is 1.44. The molecule has 0 aromatic heterocycles. The van der Waals surface area contributed by atoms with Crippen molar-refractivity contribution in [2.24, 2.45) is 0 Å². The number of carbonyl (C=O) groups excluding carboxylic acids is 1. The lowest BCUT2D eigenvalue weighted by Crippen LogP contribution is -2.21. The minimum atomic E-state index is -0.368. The van der Waals surface area contributed by atoms with E-state index in [0.29, 0.717) is 36.8 Å². The Balaban J connectivity index is 2.50. The fourth-order valence-electron chi connectivity index (χ4n) is 1.65. The highest BCUT2D eigenvalue weighted by atomic mass is 16.5. The van der Waals surface area contributed by atoms with Crippen LogP contribution < -0.4 is 14.8 Å². The first-order valence-corrected chi connectivity index (χ1v) is 6.38. The Bertz CT molecular complexity index is 471. The molecular formula is C15H21NO4. The topological polar surface area (TPSA) is 56.8 Å². The molecule has 5 heteroatoms. The second kappa shape index (κ2) is 8.22. The molecule has 0 unspecified atom stereocenters. The van der Waals surface area contributed by atoms with Crippen LogP contribution in [0.4, 0.5) is 0 Å². The van der Waals surface area contributed by atoms with Crippen LogP contribution in [-0.2, 0) is 16.1 Å². The largest absolute Gasteiger partial charge is 0.493 e. The molecular weight excluding hydrogens is 258 g/mol. The van der Waals surface area contributed by atoms with Gasteiger partial charge in [0.15, 0.2) is 11.5 Å². The molecule has 1 aromatic carbocycles. The maximum Gasteiger partial charge on any atom is 0.334 e. The Labute approximate surface area is 119 Å². The monoisotopic (exact) mass is 279 g/mol. The van der Waals surface area contributed by atoms with E-state index >= 15 is 0 Å². The summed E-state index contributed by atoms with van der Waals surface area (Å²) < 4.78 is 15.3. The summed E-state index contributed by atoms with van der Waals surface area (Å²) in [6.07, 6.45) is 0. The number of methoxy groups -OCH3 is 2. The van der Waals surface area contributed by atoms with Crippen LogP contribution in [0, 0.1) is 0 Å². The van der Waals surface area contributed by atoms with Gasteiger partial charge in [0.2, 0.25) is 0 Å². The molecule has 0 aliphatic rings. The van der Waals surface area contributed by atoms with Gasteiger partial charge in [-0.15, -0.1) is 0 Å². The van der Waals surface area contributed by atoms with E-state index in [-0.39, 0.29) is 5.97 Å². The first kappa shape index (κ1) is 16.0. The number of ether oxygens (including phenoxy) is 3. The summed E-state index contributed by atoms with van der Waals surface area (Å²) >= 11 is 0. The van der Waals surface area contributed by atoms with E-state index in [2.05, 4.69) is 11.9 Å². The van der Waals surface area contributed by atoms with Crippen LogP contribution in [0.1, 0.15) is 12.5 Å². The fraction of sp³-hybridized carbons (Fsp3) is 0.400. The van der Waals surface area contributed by atoms with Crippen LogP contribution in [0.3, 0.4) is 0 Å². The summed E-state index contributed by atoms with van der Waals surface area (Å²) in [5.74, 6) is 0.996. The highest BCUT2D eigenvalue weighted by molar-refractivity contribution is 5.88. The Hall–Kier alpha value is -2.01. The molecule has 0 spiro atoms. The zero-order chi connectivity index (χ0) is 15.0. The van der Waals surface area contributed by atoms with Gasteiger partial charge in [0, 0.05) is 18.7 Å². The summed E-state index contributed by atoms with van der Waals surface area (Å²) in [4.78, 5) is 11.4. The molecule has 1 rings (SSSR count). The van der Waals surface area contributed by atoms with Gasteiger partial charge in [-0.3, -0.25) is 0 Å². The first-order chi connectivity index (χ1) is 9.62. The van der Waals surface area contributed by atoms with Gasteiger partial charge >= 0.3 is 5.97 Å². The van der Waals surface area contributed by atoms with E-state index in [1.165, 1.54) is 0 Å². The number of carbonyl (C=O) groups is 1. The molecule has 0 atom stereocenters. The average Bonchev–Trinajstić information content (AvgIpc) is 2.47. The highest BCUT2D eigenvalue weighted by Gasteiger charge is 2.08. The third-order valence-corrected chi connectivity index (χ3v) is 2.68. The van der Waals surface area contributed by atoms with Gasteiger partial charge in [0.25, 0.3) is 0 Å². The van der Waals surface area contributed by atoms with Crippen molar-refractivity contribution in [1.29, 1.82) is 0 Å². The van der Waals surface area contributed by atoms with Gasteiger partial charge in [-0.1, -0.05) is 12.6 Å². The van der Waals surface area contributed by atoms with Gasteiger partial charge in [-0.05, 0) is 24.6 Å². The van der Waals surface area contributed by atoms with Crippen molar-refractivity contribution in [3.05, 3.63) is 35.9 Å². The van der Waals surface area contributed by atoms with Crippen LogP contribution in [0.2, 0.25) is 0 Å². The molecule has 0 aliphatic heterocycles. The molecule has 0 amide bonds. The molecule has 0 aliphatic carbocycles. The number of benzene rings is 1. The molecule has 1 aromatic rings. The molecule has 20 heavy (non-hydrogen) atoms. The number of nitrogens with one attached hydrogen (secondary N) is 1. The zero-order valence-electron chi connectivity index (χ0n) is 12.2. The Morgan fingerprint density at radius 3 is 2.55 bits per heavy atom. The Morgan fingerprint density at radius 2 is 1.95 bits per heavy atom. The van der Waals surface area contributed by atoms with Gasteiger partial charge in [-0.2, -0.15) is 0 Å². The van der Waals surface area contributed by atoms with E-state index in [9.17, 15) is 4.79 Å². The van der Waals surface area contributed by atoms with Crippen molar-refractivity contribution < 1.29 is 19.0 Å². The SMILES string of the molecule is C=C(CNCc1ccc(OC)c(OC)c1)C(=O)OCC. The molecule has 0 fully saturated rings. The van der Waals surface area contributed by atoms with Gasteiger partial charge < -0.3 is 19.5 Å². The third-order valence-electron chi connectivity index (χ3n) is 2.68. The van der Waals surface area contributed by atoms with Crippen LogP contribution in [-0.4, -0.2) is 33.3 Å². The minimum Gasteiger partial charge on any atom is -0.493 e. The predicted octanol–water partition coefficient (Wildman–Crippen LogP) is 1.91. The Morgan fingerprint density at radius 1 is 1.25 bits per heavy atom. The maximum atomic E-state index is 11.4. The molecule has 0 radical (unpaired) electrons. The summed E-state index contributed by atoms with van der Waals surface area (Å²) in [5, 5.41) is 3.13. The molecule has 0 saturated carbocycles.